The third kappa shape index (κ3) is 2.63. The Kier molecular flexibility index (Phi) is 4.25. The van der Waals surface area contributed by atoms with Crippen LogP contribution in [0.3, 0.4) is 0 Å². The molecule has 3 unspecified atom stereocenters. The van der Waals surface area contributed by atoms with Crippen molar-refractivity contribution in [3.8, 4) is 11.5 Å². The number of phenolic OH excluding ortho intramolecular Hbond substituents is 1. The summed E-state index contributed by atoms with van der Waals surface area (Å²) in [5, 5.41) is 13.3. The molecule has 4 heteroatoms. The summed E-state index contributed by atoms with van der Waals surface area (Å²) in [4.78, 5) is 0. The van der Waals surface area contributed by atoms with Gasteiger partial charge in [0.1, 0.15) is 0 Å². The predicted molar refractivity (Wildman–Crippen MR) is 79.2 cm³/mol. The lowest BCUT2D eigenvalue weighted by Crippen LogP contribution is -2.60. The van der Waals surface area contributed by atoms with E-state index >= 15 is 0 Å². The minimum Gasteiger partial charge on any atom is -0.504 e. The van der Waals surface area contributed by atoms with Gasteiger partial charge in [0.15, 0.2) is 11.5 Å². The van der Waals surface area contributed by atoms with Crippen molar-refractivity contribution in [1.82, 2.24) is 5.32 Å². The highest BCUT2D eigenvalue weighted by atomic mass is 16.5. The van der Waals surface area contributed by atoms with Crippen molar-refractivity contribution in [2.24, 2.45) is 5.41 Å². The minimum atomic E-state index is 0.143. The monoisotopic (exact) mass is 279 g/mol. The van der Waals surface area contributed by atoms with Gasteiger partial charge in [-0.15, -0.1) is 0 Å². The Morgan fingerprint density at radius 3 is 2.60 bits per heavy atom. The zero-order valence-corrected chi connectivity index (χ0v) is 12.9. The summed E-state index contributed by atoms with van der Waals surface area (Å²) in [5.41, 5.74) is 1.25. The van der Waals surface area contributed by atoms with Gasteiger partial charge in [-0.25, -0.2) is 0 Å². The molecule has 1 aromatic carbocycles. The number of methoxy groups -OCH3 is 2. The van der Waals surface area contributed by atoms with Gasteiger partial charge in [-0.05, 0) is 31.0 Å². The highest BCUT2D eigenvalue weighted by Gasteiger charge is 2.48. The van der Waals surface area contributed by atoms with Gasteiger partial charge >= 0.3 is 0 Å². The number of rotatable bonds is 5. The molecular weight excluding hydrogens is 254 g/mol. The van der Waals surface area contributed by atoms with Crippen molar-refractivity contribution in [2.45, 2.75) is 45.4 Å². The van der Waals surface area contributed by atoms with Gasteiger partial charge in [-0.3, -0.25) is 0 Å². The van der Waals surface area contributed by atoms with Crippen LogP contribution in [0.2, 0.25) is 0 Å². The van der Waals surface area contributed by atoms with Crippen LogP contribution in [-0.4, -0.2) is 31.5 Å². The maximum absolute atomic E-state index is 9.64. The normalized spacial score (nSPS) is 25.9. The molecule has 0 aromatic heterocycles. The van der Waals surface area contributed by atoms with E-state index in [1.807, 2.05) is 12.1 Å². The van der Waals surface area contributed by atoms with E-state index in [1.165, 1.54) is 0 Å². The van der Waals surface area contributed by atoms with Crippen LogP contribution in [0.4, 0.5) is 0 Å². The average Bonchev–Trinajstić information content (AvgIpc) is 2.43. The maximum atomic E-state index is 9.64. The number of hydrogen-bond donors (Lipinski definition) is 2. The molecule has 0 heterocycles. The summed E-state index contributed by atoms with van der Waals surface area (Å²) >= 11 is 0. The van der Waals surface area contributed by atoms with E-state index in [1.54, 1.807) is 20.3 Å². The fourth-order valence-corrected chi connectivity index (χ4v) is 2.93. The molecule has 0 bridgehead atoms. The third-order valence-corrected chi connectivity index (χ3v) is 4.62. The number of ether oxygens (including phenoxy) is 2. The number of benzene rings is 1. The van der Waals surface area contributed by atoms with Crippen molar-refractivity contribution in [3.05, 3.63) is 23.8 Å². The second-order valence-electron chi connectivity index (χ2n) is 6.15. The largest absolute Gasteiger partial charge is 0.504 e. The summed E-state index contributed by atoms with van der Waals surface area (Å²) < 4.78 is 10.6. The topological polar surface area (TPSA) is 50.7 Å². The van der Waals surface area contributed by atoms with Gasteiger partial charge in [0.2, 0.25) is 0 Å². The Balaban J connectivity index is 2.04. The zero-order chi connectivity index (χ0) is 14.9. The van der Waals surface area contributed by atoms with Crippen LogP contribution in [0.1, 0.15) is 38.8 Å². The number of phenols is 1. The smallest absolute Gasteiger partial charge is 0.160 e. The molecule has 4 nitrogen and oxygen atoms in total. The van der Waals surface area contributed by atoms with Gasteiger partial charge in [0.25, 0.3) is 0 Å². The van der Waals surface area contributed by atoms with Crippen LogP contribution < -0.4 is 10.1 Å². The van der Waals surface area contributed by atoms with Crippen LogP contribution in [0.5, 0.6) is 11.5 Å². The fraction of sp³-hybridized carbons (Fsp3) is 0.625. The molecule has 20 heavy (non-hydrogen) atoms. The molecule has 1 fully saturated rings. The Labute approximate surface area is 121 Å². The molecule has 3 atom stereocenters. The van der Waals surface area contributed by atoms with Gasteiger partial charge in [-0.1, -0.05) is 19.9 Å². The average molecular weight is 279 g/mol. The maximum Gasteiger partial charge on any atom is 0.160 e. The molecule has 112 valence electrons. The Bertz CT molecular complexity index is 473. The van der Waals surface area contributed by atoms with Crippen LogP contribution in [0.15, 0.2) is 18.2 Å². The summed E-state index contributed by atoms with van der Waals surface area (Å²) in [5.74, 6) is 0.686. The lowest BCUT2D eigenvalue weighted by Gasteiger charge is -2.52. The highest BCUT2D eigenvalue weighted by Crippen LogP contribution is 2.43. The first kappa shape index (κ1) is 15.1. The molecular formula is C16H25NO3. The molecule has 1 aromatic rings. The lowest BCUT2D eigenvalue weighted by atomic mass is 9.64. The van der Waals surface area contributed by atoms with Gasteiger partial charge in [-0.2, -0.15) is 0 Å². The molecule has 1 aliphatic rings. The van der Waals surface area contributed by atoms with E-state index in [9.17, 15) is 5.11 Å². The van der Waals surface area contributed by atoms with Crippen LogP contribution in [0, 0.1) is 5.41 Å². The molecule has 0 spiro atoms. The summed E-state index contributed by atoms with van der Waals surface area (Å²) in [6.45, 7) is 6.58. The summed E-state index contributed by atoms with van der Waals surface area (Å²) in [6.07, 6.45) is 1.35. The molecule has 0 aliphatic heterocycles. The Hall–Kier alpha value is -1.26. The molecule has 0 amide bonds. The minimum absolute atomic E-state index is 0.143. The zero-order valence-electron chi connectivity index (χ0n) is 12.9. The van der Waals surface area contributed by atoms with Crippen molar-refractivity contribution < 1.29 is 14.6 Å². The fourth-order valence-electron chi connectivity index (χ4n) is 2.93. The van der Waals surface area contributed by atoms with Gasteiger partial charge in [0.05, 0.1) is 13.2 Å². The predicted octanol–water partition coefficient (Wildman–Crippen LogP) is 2.86. The first-order valence-electron chi connectivity index (χ1n) is 7.06. The molecule has 0 radical (unpaired) electrons. The van der Waals surface area contributed by atoms with E-state index in [0.717, 1.165) is 12.0 Å². The van der Waals surface area contributed by atoms with E-state index in [4.69, 9.17) is 9.47 Å². The quantitative estimate of drug-likeness (QED) is 0.870. The Morgan fingerprint density at radius 1 is 1.35 bits per heavy atom. The third-order valence-electron chi connectivity index (χ3n) is 4.62. The second-order valence-corrected chi connectivity index (χ2v) is 6.15. The van der Waals surface area contributed by atoms with Gasteiger partial charge in [0, 0.05) is 24.6 Å². The van der Waals surface area contributed by atoms with E-state index in [-0.39, 0.29) is 17.2 Å². The molecule has 2 N–H and O–H groups in total. The number of nitrogens with one attached hydrogen (secondary N) is 1. The van der Waals surface area contributed by atoms with Crippen molar-refractivity contribution in [2.75, 3.05) is 14.2 Å². The van der Waals surface area contributed by atoms with Crippen molar-refractivity contribution in [1.29, 1.82) is 0 Å². The van der Waals surface area contributed by atoms with E-state index in [0.29, 0.717) is 17.9 Å². The molecule has 0 saturated heterocycles. The molecule has 1 aliphatic carbocycles. The molecule has 2 rings (SSSR count). The van der Waals surface area contributed by atoms with Crippen molar-refractivity contribution >= 4 is 0 Å². The van der Waals surface area contributed by atoms with Gasteiger partial charge < -0.3 is 19.9 Å². The van der Waals surface area contributed by atoms with E-state index < -0.39 is 0 Å². The summed E-state index contributed by atoms with van der Waals surface area (Å²) in [6, 6.07) is 6.12. The standard InChI is InChI=1S/C16H25NO3/c1-10(11-6-7-12(18)13(8-11)19-4)17-14-9-15(20-5)16(14,2)3/h6-8,10,14-15,17-18H,9H2,1-5H3. The molecule has 1 saturated carbocycles. The van der Waals surface area contributed by atoms with Crippen LogP contribution >= 0.6 is 0 Å². The van der Waals surface area contributed by atoms with Crippen LogP contribution in [-0.2, 0) is 4.74 Å². The second kappa shape index (κ2) is 5.62. The lowest BCUT2D eigenvalue weighted by molar-refractivity contribution is -0.0999. The highest BCUT2D eigenvalue weighted by molar-refractivity contribution is 5.42. The summed E-state index contributed by atoms with van der Waals surface area (Å²) in [7, 11) is 3.34. The first-order chi connectivity index (χ1) is 9.40. The SMILES string of the molecule is COc1cc(C(C)NC2CC(OC)C2(C)C)ccc1O. The Morgan fingerprint density at radius 2 is 2.05 bits per heavy atom. The van der Waals surface area contributed by atoms with Crippen LogP contribution in [0.25, 0.3) is 0 Å². The van der Waals surface area contributed by atoms with E-state index in [2.05, 4.69) is 26.1 Å². The van der Waals surface area contributed by atoms with Crippen molar-refractivity contribution in [3.63, 3.8) is 0 Å². The number of aromatic hydroxyl groups is 1. The first-order valence-corrected chi connectivity index (χ1v) is 7.06. The number of hydrogen-bond acceptors (Lipinski definition) is 4.